The lowest BCUT2D eigenvalue weighted by atomic mass is 9.92. The van der Waals surface area contributed by atoms with Gasteiger partial charge < -0.3 is 4.90 Å². The molecule has 0 radical (unpaired) electrons. The van der Waals surface area contributed by atoms with E-state index in [2.05, 4.69) is 0 Å². The van der Waals surface area contributed by atoms with Crippen molar-refractivity contribution in [3.05, 3.63) is 35.4 Å². The summed E-state index contributed by atoms with van der Waals surface area (Å²) in [5.41, 5.74) is 0.836. The minimum atomic E-state index is -4.96. The maximum atomic E-state index is 12.4. The van der Waals surface area contributed by atoms with Crippen molar-refractivity contribution in [3.63, 3.8) is 0 Å². The van der Waals surface area contributed by atoms with Gasteiger partial charge in [-0.15, -0.1) is 0 Å². The van der Waals surface area contributed by atoms with E-state index in [0.717, 1.165) is 0 Å². The number of nitrogens with zero attached hydrogens (tertiary/aromatic N) is 1. The zero-order valence-electron chi connectivity index (χ0n) is 9.49. The van der Waals surface area contributed by atoms with Crippen LogP contribution in [0, 0.1) is 0 Å². The van der Waals surface area contributed by atoms with Gasteiger partial charge in [0.2, 0.25) is 0 Å². The van der Waals surface area contributed by atoms with Gasteiger partial charge in [-0.05, 0) is 12.5 Å². The average molecular weight is 257 g/mol. The van der Waals surface area contributed by atoms with Gasteiger partial charge in [0.25, 0.3) is 0 Å². The van der Waals surface area contributed by atoms with Crippen LogP contribution in [0.4, 0.5) is 13.2 Å². The number of rotatable bonds is 0. The fourth-order valence-corrected chi connectivity index (χ4v) is 2.07. The quantitative estimate of drug-likeness (QED) is 0.715. The molecule has 0 saturated heterocycles. The lowest BCUT2D eigenvalue weighted by Crippen LogP contribution is -2.47. The van der Waals surface area contributed by atoms with Crippen LogP contribution < -0.4 is 0 Å². The van der Waals surface area contributed by atoms with Crippen molar-refractivity contribution < 1.29 is 22.8 Å². The molecule has 0 spiro atoms. The fourth-order valence-electron chi connectivity index (χ4n) is 2.07. The van der Waals surface area contributed by atoms with E-state index in [0.29, 0.717) is 16.0 Å². The Kier molecular flexibility index (Phi) is 2.88. The molecular weight excluding hydrogens is 247 g/mol. The van der Waals surface area contributed by atoms with E-state index in [-0.39, 0.29) is 0 Å². The third kappa shape index (κ3) is 1.98. The molecule has 18 heavy (non-hydrogen) atoms. The van der Waals surface area contributed by atoms with Crippen LogP contribution in [0.25, 0.3) is 0 Å². The van der Waals surface area contributed by atoms with Gasteiger partial charge in [-0.1, -0.05) is 24.3 Å². The van der Waals surface area contributed by atoms with Crippen molar-refractivity contribution in [2.75, 3.05) is 6.54 Å². The second-order valence-electron chi connectivity index (χ2n) is 4.12. The third-order valence-electron chi connectivity index (χ3n) is 3.00. The van der Waals surface area contributed by atoms with Crippen molar-refractivity contribution in [3.8, 4) is 0 Å². The Morgan fingerprint density at radius 3 is 2.56 bits per heavy atom. The SMILES string of the molecule is CC1c2ccccc2C(=O)CN1C(=O)C(F)(F)F. The van der Waals surface area contributed by atoms with Crippen molar-refractivity contribution in [1.29, 1.82) is 0 Å². The topological polar surface area (TPSA) is 37.4 Å². The molecule has 1 aliphatic rings. The summed E-state index contributed by atoms with van der Waals surface area (Å²) in [6.45, 7) is 0.950. The molecule has 0 aliphatic carbocycles. The number of amides is 1. The highest BCUT2D eigenvalue weighted by atomic mass is 19.4. The second kappa shape index (κ2) is 4.12. The molecule has 3 nitrogen and oxygen atoms in total. The van der Waals surface area contributed by atoms with Crippen LogP contribution in [0.3, 0.4) is 0 Å². The Bertz CT molecular complexity index is 510. The summed E-state index contributed by atoms with van der Waals surface area (Å²) in [6.07, 6.45) is -4.96. The molecule has 96 valence electrons. The number of fused-ring (bicyclic) bond motifs is 1. The lowest BCUT2D eigenvalue weighted by Gasteiger charge is -2.34. The standard InChI is InChI=1S/C12H10F3NO2/c1-7-8-4-2-3-5-9(8)10(17)6-16(7)11(18)12(13,14)15/h2-5,7H,6H2,1H3. The van der Waals surface area contributed by atoms with Crippen LogP contribution >= 0.6 is 0 Å². The number of hydrogen-bond donors (Lipinski definition) is 0. The maximum absolute atomic E-state index is 12.4. The molecule has 0 aromatic heterocycles. The van der Waals surface area contributed by atoms with Crippen molar-refractivity contribution >= 4 is 11.7 Å². The highest BCUT2D eigenvalue weighted by Gasteiger charge is 2.46. The number of hydrogen-bond acceptors (Lipinski definition) is 2. The van der Waals surface area contributed by atoms with Crippen LogP contribution in [-0.2, 0) is 4.79 Å². The van der Waals surface area contributed by atoms with Crippen LogP contribution in [0.15, 0.2) is 24.3 Å². The predicted octanol–water partition coefficient (Wildman–Crippen LogP) is 2.33. The Hall–Kier alpha value is -1.85. The van der Waals surface area contributed by atoms with Crippen LogP contribution in [0.2, 0.25) is 0 Å². The minimum absolute atomic E-state index is 0.385. The van der Waals surface area contributed by atoms with E-state index >= 15 is 0 Å². The predicted molar refractivity (Wildman–Crippen MR) is 57.0 cm³/mol. The number of benzene rings is 1. The summed E-state index contributed by atoms with van der Waals surface area (Å²) in [6, 6.07) is 5.64. The Labute approximate surface area is 101 Å². The molecule has 1 amide bonds. The molecule has 2 rings (SSSR count). The highest BCUT2D eigenvalue weighted by molar-refractivity contribution is 6.02. The second-order valence-corrected chi connectivity index (χ2v) is 4.12. The van der Waals surface area contributed by atoms with E-state index in [1.165, 1.54) is 6.92 Å². The van der Waals surface area contributed by atoms with E-state index in [9.17, 15) is 22.8 Å². The lowest BCUT2D eigenvalue weighted by molar-refractivity contribution is -0.187. The molecule has 0 fully saturated rings. The van der Waals surface area contributed by atoms with Crippen LogP contribution in [0.5, 0.6) is 0 Å². The van der Waals surface area contributed by atoms with Gasteiger partial charge in [0, 0.05) is 5.56 Å². The normalized spacial score (nSPS) is 19.7. The number of halogens is 3. The molecule has 6 heteroatoms. The first kappa shape index (κ1) is 12.6. The van der Waals surface area contributed by atoms with Crippen LogP contribution in [0.1, 0.15) is 28.9 Å². The highest BCUT2D eigenvalue weighted by Crippen LogP contribution is 2.32. The van der Waals surface area contributed by atoms with Gasteiger partial charge in [-0.25, -0.2) is 0 Å². The molecule has 0 saturated carbocycles. The first-order valence-electron chi connectivity index (χ1n) is 5.32. The average Bonchev–Trinajstić information content (AvgIpc) is 2.32. The molecule has 1 aromatic carbocycles. The Balaban J connectivity index is 2.40. The monoisotopic (exact) mass is 257 g/mol. The van der Waals surface area contributed by atoms with Crippen LogP contribution in [-0.4, -0.2) is 29.3 Å². The first-order chi connectivity index (χ1) is 8.32. The van der Waals surface area contributed by atoms with E-state index in [1.807, 2.05) is 0 Å². The molecule has 0 N–H and O–H groups in total. The maximum Gasteiger partial charge on any atom is 0.471 e. The molecule has 1 heterocycles. The smallest absolute Gasteiger partial charge is 0.320 e. The first-order valence-corrected chi connectivity index (χ1v) is 5.32. The number of alkyl halides is 3. The van der Waals surface area contributed by atoms with Gasteiger partial charge in [0.15, 0.2) is 5.78 Å². The van der Waals surface area contributed by atoms with Gasteiger partial charge >= 0.3 is 12.1 Å². The summed E-state index contributed by atoms with van der Waals surface area (Å²) in [7, 11) is 0. The number of carbonyl (C=O) groups is 2. The number of Topliss-reactive ketones (excluding diaryl/α,β-unsaturated/α-hetero) is 1. The largest absolute Gasteiger partial charge is 0.471 e. The third-order valence-corrected chi connectivity index (χ3v) is 3.00. The fraction of sp³-hybridized carbons (Fsp3) is 0.333. The Morgan fingerprint density at radius 1 is 1.33 bits per heavy atom. The minimum Gasteiger partial charge on any atom is -0.320 e. The molecule has 1 aromatic rings. The van der Waals surface area contributed by atoms with E-state index in [1.54, 1.807) is 24.3 Å². The summed E-state index contributed by atoms with van der Waals surface area (Å²) < 4.78 is 37.2. The molecular formula is C12H10F3NO2. The van der Waals surface area contributed by atoms with E-state index in [4.69, 9.17) is 0 Å². The summed E-state index contributed by atoms with van der Waals surface area (Å²) in [5, 5.41) is 0. The summed E-state index contributed by atoms with van der Waals surface area (Å²) in [5.74, 6) is -2.45. The Morgan fingerprint density at radius 2 is 1.94 bits per heavy atom. The summed E-state index contributed by atoms with van der Waals surface area (Å²) in [4.78, 5) is 23.5. The zero-order chi connectivity index (χ0) is 13.5. The van der Waals surface area contributed by atoms with Crippen molar-refractivity contribution in [1.82, 2.24) is 4.90 Å². The summed E-state index contributed by atoms with van der Waals surface area (Å²) >= 11 is 0. The zero-order valence-corrected chi connectivity index (χ0v) is 9.49. The molecule has 1 atom stereocenters. The van der Waals surface area contributed by atoms with Crippen molar-refractivity contribution in [2.24, 2.45) is 0 Å². The van der Waals surface area contributed by atoms with E-state index < -0.39 is 30.5 Å². The molecule has 1 aliphatic heterocycles. The van der Waals surface area contributed by atoms with Gasteiger partial charge in [0.05, 0.1) is 12.6 Å². The van der Waals surface area contributed by atoms with Gasteiger partial charge in [-0.2, -0.15) is 13.2 Å². The van der Waals surface area contributed by atoms with Gasteiger partial charge in [0.1, 0.15) is 0 Å². The molecule has 0 bridgehead atoms. The molecule has 1 unspecified atom stereocenters. The van der Waals surface area contributed by atoms with Crippen molar-refractivity contribution in [2.45, 2.75) is 19.1 Å². The number of carbonyl (C=O) groups excluding carboxylic acids is 2. The van der Waals surface area contributed by atoms with Gasteiger partial charge in [-0.3, -0.25) is 9.59 Å². The number of ketones is 1.